The minimum Gasteiger partial charge on any atom is -0.296 e. The molecule has 0 fully saturated rings. The van der Waals surface area contributed by atoms with E-state index in [9.17, 15) is 83.6 Å². The van der Waals surface area contributed by atoms with E-state index in [-0.39, 0.29) is 0 Å². The number of hydrogen-bond acceptors (Lipinski definition) is 1. The van der Waals surface area contributed by atoms with Crippen molar-refractivity contribution < 1.29 is 83.6 Å². The lowest BCUT2D eigenvalue weighted by Crippen LogP contribution is -2.29. The lowest BCUT2D eigenvalue weighted by molar-refractivity contribution is -0.174. The van der Waals surface area contributed by atoms with Gasteiger partial charge in [-0.1, -0.05) is 0 Å². The fourth-order valence-corrected chi connectivity index (χ4v) is 5.30. The Labute approximate surface area is 207 Å². The van der Waals surface area contributed by atoms with Crippen molar-refractivity contribution in [1.29, 1.82) is 0 Å². The molecule has 0 heterocycles. The van der Waals surface area contributed by atoms with Crippen molar-refractivity contribution in [2.75, 3.05) is 0 Å². The normalized spacial score (nSPS) is 14.6. The quantitative estimate of drug-likeness (QED) is 0.235. The molecule has 39 heavy (non-hydrogen) atoms. The maximum Gasteiger partial charge on any atom is 0.417 e. The number of alkyl halides is 18. The van der Waals surface area contributed by atoms with Gasteiger partial charge in [0.25, 0.3) is 0 Å². The van der Waals surface area contributed by atoms with Gasteiger partial charge in [-0.3, -0.25) is 4.57 Å². The summed E-state index contributed by atoms with van der Waals surface area (Å²) in [5.74, 6) is 0. The Morgan fingerprint density at radius 1 is 0.410 bits per heavy atom. The zero-order valence-corrected chi connectivity index (χ0v) is 19.0. The molecule has 0 amide bonds. The summed E-state index contributed by atoms with van der Waals surface area (Å²) >= 11 is 5.33. The van der Waals surface area contributed by atoms with Gasteiger partial charge in [-0.25, -0.2) is 0 Å². The third-order valence-electron chi connectivity index (χ3n) is 4.70. The van der Waals surface area contributed by atoms with E-state index in [1.54, 1.807) is 0 Å². The van der Waals surface area contributed by atoms with Gasteiger partial charge in [0.2, 0.25) is 6.49 Å². The summed E-state index contributed by atoms with van der Waals surface area (Å²) in [7, 11) is 0. The third-order valence-corrected chi connectivity index (χ3v) is 7.71. The Bertz CT molecular complexity index is 1140. The van der Waals surface area contributed by atoms with Gasteiger partial charge < -0.3 is 0 Å². The largest absolute Gasteiger partial charge is 0.417 e. The Hall–Kier alpha value is -2.30. The standard InChI is InChI=1S/C18H4ClF18OP/c19-39(38,5-1-7(13(20,21)22)11(17(32,33)34)8(2-5)14(23,24)25)6-3-9(15(26,27)28)12(18(35,36)37)10(4-6)16(29,30)31/h1-4H. The zero-order chi connectivity index (χ0) is 30.9. The van der Waals surface area contributed by atoms with Crippen LogP contribution in [0.25, 0.3) is 0 Å². The molecule has 1 nitrogen and oxygen atoms in total. The number of halogens is 19. The first-order valence-electron chi connectivity index (χ1n) is 9.01. The summed E-state index contributed by atoms with van der Waals surface area (Å²) < 4.78 is 252. The van der Waals surface area contributed by atoms with Crippen LogP contribution in [0.5, 0.6) is 0 Å². The highest BCUT2D eigenvalue weighted by Crippen LogP contribution is 2.55. The van der Waals surface area contributed by atoms with E-state index in [1.165, 1.54) is 0 Å². The summed E-state index contributed by atoms with van der Waals surface area (Å²) in [6.07, 6.45) is -38.3. The second-order valence-electron chi connectivity index (χ2n) is 7.35. The highest BCUT2D eigenvalue weighted by molar-refractivity contribution is 8.00. The van der Waals surface area contributed by atoms with Crippen LogP contribution in [0.1, 0.15) is 33.4 Å². The lowest BCUT2D eigenvalue weighted by atomic mass is 9.99. The van der Waals surface area contributed by atoms with Crippen LogP contribution >= 0.6 is 17.7 Å². The van der Waals surface area contributed by atoms with Crippen molar-refractivity contribution in [1.82, 2.24) is 0 Å². The molecule has 0 aliphatic rings. The van der Waals surface area contributed by atoms with Crippen molar-refractivity contribution in [3.05, 3.63) is 57.6 Å². The van der Waals surface area contributed by atoms with E-state index in [2.05, 4.69) is 0 Å². The summed E-state index contributed by atoms with van der Waals surface area (Å²) in [5, 5.41) is -4.42. The van der Waals surface area contributed by atoms with E-state index in [0.29, 0.717) is 0 Å². The summed E-state index contributed by atoms with van der Waals surface area (Å²) in [5.41, 5.74) is -19.8. The van der Waals surface area contributed by atoms with Gasteiger partial charge in [-0.2, -0.15) is 79.0 Å². The molecule has 0 N–H and O–H groups in total. The monoisotopic (exact) mass is 644 g/mol. The van der Waals surface area contributed by atoms with Crippen molar-refractivity contribution in [3.63, 3.8) is 0 Å². The van der Waals surface area contributed by atoms with Crippen molar-refractivity contribution >= 4 is 28.3 Å². The van der Waals surface area contributed by atoms with E-state index >= 15 is 0 Å². The molecule has 2 aromatic rings. The molecule has 0 bridgehead atoms. The van der Waals surface area contributed by atoms with Gasteiger partial charge in [-0.15, -0.1) is 0 Å². The molecule has 21 heteroatoms. The molecule has 0 atom stereocenters. The third kappa shape index (κ3) is 6.72. The molecule has 0 aromatic heterocycles. The van der Waals surface area contributed by atoms with Crippen LogP contribution < -0.4 is 10.6 Å². The van der Waals surface area contributed by atoms with Crippen LogP contribution in [0, 0.1) is 0 Å². The minimum absolute atomic E-state index is 0.968. The number of benzene rings is 2. The van der Waals surface area contributed by atoms with E-state index < -0.39 is 112 Å². The molecule has 0 unspecified atom stereocenters. The minimum atomic E-state index is -6.42. The molecule has 0 radical (unpaired) electrons. The second kappa shape index (κ2) is 9.38. The van der Waals surface area contributed by atoms with Crippen molar-refractivity contribution in [2.24, 2.45) is 0 Å². The van der Waals surface area contributed by atoms with Crippen LogP contribution in [0.3, 0.4) is 0 Å². The predicted molar refractivity (Wildman–Crippen MR) is 95.6 cm³/mol. The van der Waals surface area contributed by atoms with E-state index in [0.717, 1.165) is 0 Å². The molecule has 0 aliphatic carbocycles. The first kappa shape index (κ1) is 32.9. The molecular weight excluding hydrogens is 641 g/mol. The molecule has 2 rings (SSSR count). The second-order valence-corrected chi connectivity index (χ2v) is 10.9. The van der Waals surface area contributed by atoms with Gasteiger partial charge in [-0.05, 0) is 35.5 Å². The Kier molecular flexibility index (Phi) is 7.91. The molecule has 0 spiro atoms. The maximum absolute atomic E-state index is 13.3. The van der Waals surface area contributed by atoms with Crippen molar-refractivity contribution in [2.45, 2.75) is 37.1 Å². The van der Waals surface area contributed by atoms with Crippen LogP contribution in [0.2, 0.25) is 0 Å². The summed E-state index contributed by atoms with van der Waals surface area (Å²) in [4.78, 5) is 0. The molecule has 0 aliphatic heterocycles. The first-order valence-corrected chi connectivity index (χ1v) is 11.6. The van der Waals surface area contributed by atoms with Crippen LogP contribution in [0.4, 0.5) is 79.0 Å². The molecule has 0 saturated heterocycles. The van der Waals surface area contributed by atoms with Gasteiger partial charge in [0.1, 0.15) is 0 Å². The average molecular weight is 645 g/mol. The van der Waals surface area contributed by atoms with Crippen LogP contribution in [-0.2, 0) is 41.6 Å². The predicted octanol–water partition coefficient (Wildman–Crippen LogP) is 9.27. The SMILES string of the molecule is O=P(Cl)(c1cc(C(F)(F)F)c(C(F)(F)F)c(C(F)(F)F)c1)c1cc(C(F)(F)F)c(C(F)(F)F)c(C(F)(F)F)c1. The molecule has 220 valence electrons. The Morgan fingerprint density at radius 2 is 0.590 bits per heavy atom. The lowest BCUT2D eigenvalue weighted by Gasteiger charge is -2.25. The fourth-order valence-electron chi connectivity index (χ4n) is 3.24. The highest BCUT2D eigenvalue weighted by Gasteiger charge is 2.53. The van der Waals surface area contributed by atoms with Crippen LogP contribution in [0.15, 0.2) is 24.3 Å². The van der Waals surface area contributed by atoms with Crippen molar-refractivity contribution in [3.8, 4) is 0 Å². The van der Waals surface area contributed by atoms with E-state index in [4.69, 9.17) is 11.2 Å². The molecule has 2 aromatic carbocycles. The Morgan fingerprint density at radius 3 is 0.718 bits per heavy atom. The summed E-state index contributed by atoms with van der Waals surface area (Å²) in [6, 6.07) is -3.87. The topological polar surface area (TPSA) is 17.1 Å². The molecular formula is C18H4ClF18OP. The number of rotatable bonds is 2. The van der Waals surface area contributed by atoms with Gasteiger partial charge in [0, 0.05) is 10.6 Å². The summed E-state index contributed by atoms with van der Waals surface area (Å²) in [6.45, 7) is -6.19. The average Bonchev–Trinajstić information content (AvgIpc) is 2.67. The van der Waals surface area contributed by atoms with Gasteiger partial charge >= 0.3 is 37.1 Å². The molecule has 0 saturated carbocycles. The maximum atomic E-state index is 13.3. The number of hydrogen-bond donors (Lipinski definition) is 0. The van der Waals surface area contributed by atoms with Crippen LogP contribution in [-0.4, -0.2) is 0 Å². The van der Waals surface area contributed by atoms with Gasteiger partial charge in [0.15, 0.2) is 0 Å². The Balaban J connectivity index is 3.16. The zero-order valence-electron chi connectivity index (χ0n) is 17.3. The highest BCUT2D eigenvalue weighted by atomic mass is 35.7. The fraction of sp³-hybridized carbons (Fsp3) is 0.333. The first-order chi connectivity index (χ1) is 16.9. The smallest absolute Gasteiger partial charge is 0.296 e. The van der Waals surface area contributed by atoms with E-state index in [1.807, 2.05) is 0 Å². The van der Waals surface area contributed by atoms with Gasteiger partial charge in [0.05, 0.1) is 33.4 Å².